The molecule has 84 valence electrons. The molecule has 0 bridgehead atoms. The quantitative estimate of drug-likeness (QED) is 0.784. The van der Waals surface area contributed by atoms with E-state index in [1.807, 2.05) is 19.1 Å². The first-order valence-corrected chi connectivity index (χ1v) is 5.75. The highest BCUT2D eigenvalue weighted by atomic mass is 16.4. The van der Waals surface area contributed by atoms with E-state index in [-0.39, 0.29) is 6.04 Å². The van der Waals surface area contributed by atoms with Gasteiger partial charge in [-0.3, -0.25) is 0 Å². The molecule has 1 aliphatic rings. The van der Waals surface area contributed by atoms with Crippen LogP contribution in [0.5, 0.6) is 0 Å². The minimum absolute atomic E-state index is 0.151. The lowest BCUT2D eigenvalue weighted by molar-refractivity contribution is 0.102. The average Bonchev–Trinajstić information content (AvgIpc) is 2.53. The van der Waals surface area contributed by atoms with Crippen molar-refractivity contribution in [2.24, 2.45) is 0 Å². The molecule has 2 heterocycles. The van der Waals surface area contributed by atoms with Gasteiger partial charge in [-0.1, -0.05) is 12.8 Å². The van der Waals surface area contributed by atoms with Gasteiger partial charge in [0.1, 0.15) is 17.6 Å². The molecule has 1 fully saturated rings. The van der Waals surface area contributed by atoms with E-state index in [0.717, 1.165) is 18.7 Å². The summed E-state index contributed by atoms with van der Waals surface area (Å²) in [5.41, 5.74) is 0. The van der Waals surface area contributed by atoms with Crippen LogP contribution in [0.15, 0.2) is 16.5 Å². The molecule has 2 unspecified atom stereocenters. The van der Waals surface area contributed by atoms with Gasteiger partial charge in [0.05, 0.1) is 0 Å². The predicted octanol–water partition coefficient (Wildman–Crippen LogP) is 2.15. The highest BCUT2D eigenvalue weighted by Crippen LogP contribution is 2.24. The first-order valence-electron chi connectivity index (χ1n) is 5.75. The SMILES string of the molecule is Cc1ccc(C(O)C2CCCCCN2)o1. The number of rotatable bonds is 2. The topological polar surface area (TPSA) is 45.4 Å². The minimum Gasteiger partial charge on any atom is -0.464 e. The Labute approximate surface area is 90.5 Å². The van der Waals surface area contributed by atoms with Crippen LogP contribution in [-0.4, -0.2) is 17.7 Å². The molecule has 2 N–H and O–H groups in total. The van der Waals surface area contributed by atoms with Crippen LogP contribution in [0, 0.1) is 6.92 Å². The van der Waals surface area contributed by atoms with E-state index in [4.69, 9.17) is 4.42 Å². The van der Waals surface area contributed by atoms with E-state index in [1.165, 1.54) is 19.3 Å². The second-order valence-corrected chi connectivity index (χ2v) is 4.30. The van der Waals surface area contributed by atoms with Crippen molar-refractivity contribution < 1.29 is 9.52 Å². The molecule has 1 aromatic rings. The van der Waals surface area contributed by atoms with E-state index in [0.29, 0.717) is 5.76 Å². The lowest BCUT2D eigenvalue weighted by atomic mass is 10.0. The molecule has 1 aromatic heterocycles. The monoisotopic (exact) mass is 209 g/mol. The number of aliphatic hydroxyl groups is 1. The zero-order valence-corrected chi connectivity index (χ0v) is 9.20. The van der Waals surface area contributed by atoms with Crippen molar-refractivity contribution in [3.05, 3.63) is 23.7 Å². The van der Waals surface area contributed by atoms with Crippen LogP contribution in [0.25, 0.3) is 0 Å². The van der Waals surface area contributed by atoms with Gasteiger partial charge in [-0.15, -0.1) is 0 Å². The second-order valence-electron chi connectivity index (χ2n) is 4.30. The standard InChI is InChI=1S/C12H19NO2/c1-9-6-7-11(15-9)12(14)10-5-3-2-4-8-13-10/h6-7,10,12-14H,2-5,8H2,1H3. The van der Waals surface area contributed by atoms with Crippen molar-refractivity contribution in [2.45, 2.75) is 44.8 Å². The van der Waals surface area contributed by atoms with Crippen LogP contribution in [0.1, 0.15) is 43.3 Å². The Balaban J connectivity index is 2.02. The van der Waals surface area contributed by atoms with Crippen LogP contribution >= 0.6 is 0 Å². The fraction of sp³-hybridized carbons (Fsp3) is 0.667. The van der Waals surface area contributed by atoms with Crippen molar-refractivity contribution in [2.75, 3.05) is 6.54 Å². The van der Waals surface area contributed by atoms with Crippen LogP contribution in [0.4, 0.5) is 0 Å². The summed E-state index contributed by atoms with van der Waals surface area (Å²) >= 11 is 0. The average molecular weight is 209 g/mol. The van der Waals surface area contributed by atoms with Crippen molar-refractivity contribution in [3.63, 3.8) is 0 Å². The normalized spacial score (nSPS) is 24.8. The summed E-state index contributed by atoms with van der Waals surface area (Å²) in [5, 5.41) is 13.5. The molecule has 0 saturated carbocycles. The molecule has 1 aliphatic heterocycles. The lowest BCUT2D eigenvalue weighted by Gasteiger charge is -2.20. The zero-order valence-electron chi connectivity index (χ0n) is 9.20. The second kappa shape index (κ2) is 4.81. The van der Waals surface area contributed by atoms with E-state index < -0.39 is 6.10 Å². The fourth-order valence-corrected chi connectivity index (χ4v) is 2.14. The van der Waals surface area contributed by atoms with Crippen molar-refractivity contribution in [1.29, 1.82) is 0 Å². The van der Waals surface area contributed by atoms with E-state index >= 15 is 0 Å². The summed E-state index contributed by atoms with van der Waals surface area (Å²) in [6, 6.07) is 3.92. The molecule has 0 radical (unpaired) electrons. The third-order valence-corrected chi connectivity index (χ3v) is 3.03. The van der Waals surface area contributed by atoms with Gasteiger partial charge in [0.15, 0.2) is 0 Å². The van der Waals surface area contributed by atoms with Crippen LogP contribution < -0.4 is 5.32 Å². The van der Waals surface area contributed by atoms with Crippen LogP contribution in [0.3, 0.4) is 0 Å². The van der Waals surface area contributed by atoms with Crippen LogP contribution in [0.2, 0.25) is 0 Å². The van der Waals surface area contributed by atoms with Gasteiger partial charge in [-0.25, -0.2) is 0 Å². The summed E-state index contributed by atoms with van der Waals surface area (Å²) in [4.78, 5) is 0. The van der Waals surface area contributed by atoms with Gasteiger partial charge in [0.2, 0.25) is 0 Å². The maximum atomic E-state index is 10.1. The Morgan fingerprint density at radius 1 is 1.40 bits per heavy atom. The Kier molecular flexibility index (Phi) is 3.44. The molecule has 15 heavy (non-hydrogen) atoms. The largest absolute Gasteiger partial charge is 0.464 e. The van der Waals surface area contributed by atoms with E-state index in [9.17, 15) is 5.11 Å². The number of furan rings is 1. The Bertz CT molecular complexity index is 300. The number of aliphatic hydroxyl groups excluding tert-OH is 1. The maximum absolute atomic E-state index is 10.1. The Morgan fingerprint density at radius 3 is 3.00 bits per heavy atom. The van der Waals surface area contributed by atoms with Crippen molar-refractivity contribution in [3.8, 4) is 0 Å². The Morgan fingerprint density at radius 2 is 2.27 bits per heavy atom. The zero-order chi connectivity index (χ0) is 10.7. The molecular weight excluding hydrogens is 190 g/mol. The molecule has 0 amide bonds. The molecule has 3 nitrogen and oxygen atoms in total. The first kappa shape index (κ1) is 10.7. The van der Waals surface area contributed by atoms with Crippen LogP contribution in [-0.2, 0) is 0 Å². The summed E-state index contributed by atoms with van der Waals surface area (Å²) in [6.07, 6.45) is 4.18. The Hall–Kier alpha value is -0.800. The summed E-state index contributed by atoms with van der Waals surface area (Å²) in [7, 11) is 0. The highest BCUT2D eigenvalue weighted by Gasteiger charge is 2.23. The van der Waals surface area contributed by atoms with Gasteiger partial charge in [0, 0.05) is 6.04 Å². The number of hydrogen-bond donors (Lipinski definition) is 2. The van der Waals surface area contributed by atoms with Crippen molar-refractivity contribution >= 4 is 0 Å². The maximum Gasteiger partial charge on any atom is 0.134 e. The molecule has 0 spiro atoms. The fourth-order valence-electron chi connectivity index (χ4n) is 2.14. The van der Waals surface area contributed by atoms with E-state index in [2.05, 4.69) is 5.32 Å². The van der Waals surface area contributed by atoms with Gasteiger partial charge in [0.25, 0.3) is 0 Å². The summed E-state index contributed by atoms with van der Waals surface area (Å²) in [6.45, 7) is 2.90. The minimum atomic E-state index is -0.503. The number of nitrogens with one attached hydrogen (secondary N) is 1. The smallest absolute Gasteiger partial charge is 0.134 e. The lowest BCUT2D eigenvalue weighted by Crippen LogP contribution is -2.34. The molecule has 0 aliphatic carbocycles. The summed E-state index contributed by atoms with van der Waals surface area (Å²) < 4.78 is 5.45. The number of hydrogen-bond acceptors (Lipinski definition) is 3. The van der Waals surface area contributed by atoms with E-state index in [1.54, 1.807) is 0 Å². The van der Waals surface area contributed by atoms with Gasteiger partial charge in [-0.2, -0.15) is 0 Å². The van der Waals surface area contributed by atoms with Gasteiger partial charge in [-0.05, 0) is 38.4 Å². The molecule has 3 heteroatoms. The molecule has 2 atom stereocenters. The molecule has 2 rings (SSSR count). The van der Waals surface area contributed by atoms with Crippen molar-refractivity contribution in [1.82, 2.24) is 5.32 Å². The molecule has 0 aromatic carbocycles. The first-order chi connectivity index (χ1) is 7.27. The third-order valence-electron chi connectivity index (χ3n) is 3.03. The summed E-state index contributed by atoms with van der Waals surface area (Å²) in [5.74, 6) is 1.55. The number of aryl methyl sites for hydroxylation is 1. The molecular formula is C12H19NO2. The predicted molar refractivity (Wildman–Crippen MR) is 58.7 cm³/mol. The third kappa shape index (κ3) is 2.61. The molecule has 1 saturated heterocycles. The van der Waals surface area contributed by atoms with Gasteiger partial charge < -0.3 is 14.8 Å². The van der Waals surface area contributed by atoms with Gasteiger partial charge >= 0.3 is 0 Å². The highest BCUT2D eigenvalue weighted by molar-refractivity contribution is 5.10.